The molecule has 3 aromatic carbocycles. The van der Waals surface area contributed by atoms with Gasteiger partial charge in [-0.3, -0.25) is 0 Å². The van der Waals surface area contributed by atoms with Crippen LogP contribution in [0.3, 0.4) is 0 Å². The first-order valence-corrected chi connectivity index (χ1v) is 10.6. The average Bonchev–Trinajstić information content (AvgIpc) is 2.63. The van der Waals surface area contributed by atoms with Gasteiger partial charge in [-0.05, 0) is 55.0 Å². The summed E-state index contributed by atoms with van der Waals surface area (Å²) in [6, 6.07) is 21.4. The van der Waals surface area contributed by atoms with Gasteiger partial charge in [0.2, 0.25) is 0 Å². The van der Waals surface area contributed by atoms with Crippen LogP contribution >= 0.6 is 0 Å². The van der Waals surface area contributed by atoms with Crippen LogP contribution in [0.4, 0.5) is 0 Å². The molecular formula is C27H35NO. The number of hydrogen-bond donors (Lipinski definition) is 1. The number of aryl methyl sites for hydroxylation is 1. The molecule has 0 aliphatic heterocycles. The minimum Gasteiger partial charge on any atom is -0.489 e. The van der Waals surface area contributed by atoms with Crippen molar-refractivity contribution in [3.63, 3.8) is 0 Å². The van der Waals surface area contributed by atoms with Crippen molar-refractivity contribution in [3.05, 3.63) is 77.4 Å². The molecule has 0 bridgehead atoms. The molecule has 1 N–H and O–H groups in total. The lowest BCUT2D eigenvalue weighted by Crippen LogP contribution is -2.41. The Hall–Kier alpha value is -2.32. The van der Waals surface area contributed by atoms with E-state index in [2.05, 4.69) is 108 Å². The zero-order valence-corrected chi connectivity index (χ0v) is 18.8. The summed E-state index contributed by atoms with van der Waals surface area (Å²) >= 11 is 0. The molecule has 0 aliphatic rings. The first kappa shape index (κ1) is 21.4. The molecule has 0 atom stereocenters. The van der Waals surface area contributed by atoms with Crippen LogP contribution in [0.5, 0.6) is 5.75 Å². The Morgan fingerprint density at radius 1 is 0.862 bits per heavy atom. The van der Waals surface area contributed by atoms with Gasteiger partial charge < -0.3 is 10.1 Å². The van der Waals surface area contributed by atoms with Crippen LogP contribution in [-0.2, 0) is 13.2 Å². The van der Waals surface area contributed by atoms with Gasteiger partial charge in [0.1, 0.15) is 12.4 Å². The molecule has 29 heavy (non-hydrogen) atoms. The van der Waals surface area contributed by atoms with E-state index < -0.39 is 0 Å². The van der Waals surface area contributed by atoms with E-state index in [4.69, 9.17) is 4.74 Å². The first-order valence-electron chi connectivity index (χ1n) is 10.6. The standard InChI is InChI=1S/C27H35NO/c1-20-10-9-11-21(16-20)18-29-25-15-14-22-12-7-8-13-23(22)24(25)17-28-27(5,6)19-26(2,3)4/h7-16,28H,17-19H2,1-6H3. The highest BCUT2D eigenvalue weighted by atomic mass is 16.5. The number of rotatable bonds is 7. The number of fused-ring (bicyclic) bond motifs is 1. The molecular weight excluding hydrogens is 354 g/mol. The predicted molar refractivity (Wildman–Crippen MR) is 124 cm³/mol. The van der Waals surface area contributed by atoms with Gasteiger partial charge in [-0.15, -0.1) is 0 Å². The minimum atomic E-state index is 0.0447. The summed E-state index contributed by atoms with van der Waals surface area (Å²) in [4.78, 5) is 0. The van der Waals surface area contributed by atoms with Gasteiger partial charge in [0, 0.05) is 17.6 Å². The van der Waals surface area contributed by atoms with Crippen LogP contribution in [0, 0.1) is 12.3 Å². The maximum absolute atomic E-state index is 6.31. The largest absolute Gasteiger partial charge is 0.489 e. The average molecular weight is 390 g/mol. The van der Waals surface area contributed by atoms with Crippen LogP contribution in [0.2, 0.25) is 0 Å². The fourth-order valence-electron chi connectivity index (χ4n) is 4.31. The summed E-state index contributed by atoms with van der Waals surface area (Å²) in [5.74, 6) is 0.962. The molecule has 0 fully saturated rings. The highest BCUT2D eigenvalue weighted by molar-refractivity contribution is 5.87. The van der Waals surface area contributed by atoms with Crippen molar-refractivity contribution in [2.45, 2.75) is 66.7 Å². The summed E-state index contributed by atoms with van der Waals surface area (Å²) in [5, 5.41) is 6.30. The molecule has 0 aliphatic carbocycles. The summed E-state index contributed by atoms with van der Waals surface area (Å²) in [6.07, 6.45) is 1.10. The van der Waals surface area contributed by atoms with Gasteiger partial charge in [-0.2, -0.15) is 0 Å². The Morgan fingerprint density at radius 2 is 1.62 bits per heavy atom. The van der Waals surface area contributed by atoms with Gasteiger partial charge in [0.25, 0.3) is 0 Å². The quantitative estimate of drug-likeness (QED) is 0.468. The Balaban J connectivity index is 1.86. The normalized spacial score (nSPS) is 12.3. The van der Waals surface area contributed by atoms with Gasteiger partial charge in [-0.1, -0.05) is 80.9 Å². The molecule has 3 aromatic rings. The highest BCUT2D eigenvalue weighted by Crippen LogP contribution is 2.31. The van der Waals surface area contributed by atoms with Crippen molar-refractivity contribution in [2.75, 3.05) is 0 Å². The Kier molecular flexibility index (Phi) is 6.33. The van der Waals surface area contributed by atoms with Crippen molar-refractivity contribution in [1.82, 2.24) is 5.32 Å². The van der Waals surface area contributed by atoms with Crippen molar-refractivity contribution in [3.8, 4) is 5.75 Å². The summed E-state index contributed by atoms with van der Waals surface area (Å²) in [6.45, 7) is 15.0. The lowest BCUT2D eigenvalue weighted by Gasteiger charge is -2.34. The number of ether oxygens (including phenoxy) is 1. The molecule has 3 rings (SSSR count). The number of nitrogens with one attached hydrogen (secondary N) is 1. The zero-order chi connectivity index (χ0) is 21.1. The molecule has 0 spiro atoms. The molecule has 0 radical (unpaired) electrons. The van der Waals surface area contributed by atoms with E-state index in [1.165, 1.54) is 27.5 Å². The van der Waals surface area contributed by atoms with Gasteiger partial charge in [0.15, 0.2) is 0 Å². The van der Waals surface area contributed by atoms with Crippen LogP contribution in [-0.4, -0.2) is 5.54 Å². The molecule has 0 heterocycles. The minimum absolute atomic E-state index is 0.0447. The molecule has 2 nitrogen and oxygen atoms in total. The van der Waals surface area contributed by atoms with E-state index in [1.807, 2.05) is 0 Å². The van der Waals surface area contributed by atoms with Gasteiger partial charge >= 0.3 is 0 Å². The van der Waals surface area contributed by atoms with Crippen LogP contribution < -0.4 is 10.1 Å². The third kappa shape index (κ3) is 6.08. The monoisotopic (exact) mass is 389 g/mol. The van der Waals surface area contributed by atoms with E-state index in [0.717, 1.165) is 18.7 Å². The van der Waals surface area contributed by atoms with Crippen molar-refractivity contribution in [1.29, 1.82) is 0 Å². The third-order valence-corrected chi connectivity index (χ3v) is 5.19. The summed E-state index contributed by atoms with van der Waals surface area (Å²) in [7, 11) is 0. The Bertz CT molecular complexity index is 966. The number of hydrogen-bond acceptors (Lipinski definition) is 2. The van der Waals surface area contributed by atoms with Gasteiger partial charge in [0.05, 0.1) is 0 Å². The van der Waals surface area contributed by atoms with Crippen molar-refractivity contribution < 1.29 is 4.74 Å². The third-order valence-electron chi connectivity index (χ3n) is 5.19. The van der Waals surface area contributed by atoms with E-state index in [1.54, 1.807) is 0 Å². The fraction of sp³-hybridized carbons (Fsp3) is 0.407. The summed E-state index contributed by atoms with van der Waals surface area (Å²) < 4.78 is 6.31. The predicted octanol–water partition coefficient (Wildman–Crippen LogP) is 7.03. The maximum atomic E-state index is 6.31. The topological polar surface area (TPSA) is 21.3 Å². The van der Waals surface area contributed by atoms with Crippen molar-refractivity contribution >= 4 is 10.8 Å². The van der Waals surface area contributed by atoms with E-state index >= 15 is 0 Å². The summed E-state index contributed by atoms with van der Waals surface area (Å²) in [5.41, 5.74) is 4.02. The van der Waals surface area contributed by atoms with Crippen molar-refractivity contribution in [2.24, 2.45) is 5.41 Å². The molecule has 0 saturated heterocycles. The maximum Gasteiger partial charge on any atom is 0.124 e. The highest BCUT2D eigenvalue weighted by Gasteiger charge is 2.25. The Labute approximate surface area is 176 Å². The second-order valence-corrected chi connectivity index (χ2v) is 10.0. The second kappa shape index (κ2) is 8.59. The Morgan fingerprint density at radius 3 is 2.34 bits per heavy atom. The van der Waals surface area contributed by atoms with E-state index in [-0.39, 0.29) is 11.0 Å². The molecule has 154 valence electrons. The molecule has 0 unspecified atom stereocenters. The van der Waals surface area contributed by atoms with E-state index in [0.29, 0.717) is 6.61 Å². The molecule has 0 aromatic heterocycles. The van der Waals surface area contributed by atoms with Crippen LogP contribution in [0.25, 0.3) is 10.8 Å². The fourth-order valence-corrected chi connectivity index (χ4v) is 4.31. The zero-order valence-electron chi connectivity index (χ0n) is 18.8. The molecule has 2 heteroatoms. The second-order valence-electron chi connectivity index (χ2n) is 10.0. The first-order chi connectivity index (χ1) is 13.6. The molecule has 0 saturated carbocycles. The van der Waals surface area contributed by atoms with Gasteiger partial charge in [-0.25, -0.2) is 0 Å². The van der Waals surface area contributed by atoms with E-state index in [9.17, 15) is 0 Å². The van der Waals surface area contributed by atoms with Crippen LogP contribution in [0.15, 0.2) is 60.7 Å². The smallest absolute Gasteiger partial charge is 0.124 e. The molecule has 0 amide bonds. The SMILES string of the molecule is Cc1cccc(COc2ccc3ccccc3c2CNC(C)(C)CC(C)(C)C)c1. The van der Waals surface area contributed by atoms with Crippen LogP contribution in [0.1, 0.15) is 57.7 Å². The lowest BCUT2D eigenvalue weighted by atomic mass is 9.81. The lowest BCUT2D eigenvalue weighted by molar-refractivity contribution is 0.239. The number of benzene rings is 3.